The lowest BCUT2D eigenvalue weighted by atomic mass is 9.90. The standard InChI is InChI=1S/C18H29NO/c1-4-19(16-12-8-9-13-16)17(14(2)3)18(20)15-10-6-5-7-11-15/h5-7,10-11,14,16-18,20H,4,8-9,12-13H2,1-3H3. The van der Waals surface area contributed by atoms with Crippen LogP contribution in [0.25, 0.3) is 0 Å². The van der Waals surface area contributed by atoms with Gasteiger partial charge in [-0.1, -0.05) is 63.9 Å². The Morgan fingerprint density at radius 3 is 2.25 bits per heavy atom. The van der Waals surface area contributed by atoms with Gasteiger partial charge in [0.1, 0.15) is 0 Å². The summed E-state index contributed by atoms with van der Waals surface area (Å²) in [7, 11) is 0. The van der Waals surface area contributed by atoms with Crippen LogP contribution in [0.4, 0.5) is 0 Å². The van der Waals surface area contributed by atoms with Gasteiger partial charge in [-0.15, -0.1) is 0 Å². The molecular formula is C18H29NO. The minimum Gasteiger partial charge on any atom is -0.387 e. The van der Waals surface area contributed by atoms with Gasteiger partial charge in [0.25, 0.3) is 0 Å². The molecule has 1 saturated carbocycles. The lowest BCUT2D eigenvalue weighted by molar-refractivity contribution is 0.00244. The first-order chi connectivity index (χ1) is 9.65. The molecule has 0 heterocycles. The van der Waals surface area contributed by atoms with Gasteiger partial charge in [0.05, 0.1) is 6.10 Å². The molecule has 0 radical (unpaired) electrons. The Labute approximate surface area is 123 Å². The van der Waals surface area contributed by atoms with E-state index in [4.69, 9.17) is 0 Å². The molecular weight excluding hydrogens is 246 g/mol. The zero-order valence-corrected chi connectivity index (χ0v) is 13.1. The van der Waals surface area contributed by atoms with E-state index in [1.807, 2.05) is 30.3 Å². The lowest BCUT2D eigenvalue weighted by Gasteiger charge is -2.41. The molecule has 2 rings (SSSR count). The van der Waals surface area contributed by atoms with Crippen LogP contribution in [0.2, 0.25) is 0 Å². The number of benzene rings is 1. The first-order valence-corrected chi connectivity index (χ1v) is 8.14. The third kappa shape index (κ3) is 3.42. The normalized spacial score (nSPS) is 19.7. The van der Waals surface area contributed by atoms with Gasteiger partial charge in [0, 0.05) is 12.1 Å². The molecule has 1 aliphatic carbocycles. The Hall–Kier alpha value is -0.860. The number of nitrogens with zero attached hydrogens (tertiary/aromatic N) is 1. The van der Waals surface area contributed by atoms with E-state index < -0.39 is 6.10 Å². The number of hydrogen-bond acceptors (Lipinski definition) is 2. The summed E-state index contributed by atoms with van der Waals surface area (Å²) in [5.74, 6) is 0.450. The molecule has 0 aromatic heterocycles. The minimum atomic E-state index is -0.392. The number of rotatable bonds is 6. The van der Waals surface area contributed by atoms with E-state index in [0.29, 0.717) is 12.0 Å². The molecule has 112 valence electrons. The van der Waals surface area contributed by atoms with Crippen LogP contribution in [0.15, 0.2) is 30.3 Å². The highest BCUT2D eigenvalue weighted by Gasteiger charge is 2.34. The van der Waals surface area contributed by atoms with Gasteiger partial charge in [0.15, 0.2) is 0 Å². The number of aliphatic hydroxyl groups excluding tert-OH is 1. The molecule has 0 aliphatic heterocycles. The predicted molar refractivity (Wildman–Crippen MR) is 84.7 cm³/mol. The summed E-state index contributed by atoms with van der Waals surface area (Å²) in [6.45, 7) is 7.71. The quantitative estimate of drug-likeness (QED) is 0.848. The summed E-state index contributed by atoms with van der Waals surface area (Å²) < 4.78 is 0. The topological polar surface area (TPSA) is 23.5 Å². The van der Waals surface area contributed by atoms with Crippen molar-refractivity contribution >= 4 is 0 Å². The average molecular weight is 275 g/mol. The van der Waals surface area contributed by atoms with Gasteiger partial charge >= 0.3 is 0 Å². The van der Waals surface area contributed by atoms with E-state index in [-0.39, 0.29) is 6.04 Å². The van der Waals surface area contributed by atoms with Gasteiger partial charge in [-0.05, 0) is 30.9 Å². The minimum absolute atomic E-state index is 0.213. The van der Waals surface area contributed by atoms with Crippen molar-refractivity contribution in [2.75, 3.05) is 6.54 Å². The molecule has 2 heteroatoms. The second kappa shape index (κ2) is 7.24. The first-order valence-electron chi connectivity index (χ1n) is 8.14. The molecule has 1 N–H and O–H groups in total. The molecule has 0 bridgehead atoms. The maximum Gasteiger partial charge on any atom is 0.0947 e. The second-order valence-electron chi connectivity index (χ2n) is 6.36. The summed E-state index contributed by atoms with van der Waals surface area (Å²) in [5.41, 5.74) is 1.04. The highest BCUT2D eigenvalue weighted by molar-refractivity contribution is 5.19. The Kier molecular flexibility index (Phi) is 5.62. The van der Waals surface area contributed by atoms with Crippen molar-refractivity contribution in [2.45, 2.75) is 64.6 Å². The van der Waals surface area contributed by atoms with E-state index in [2.05, 4.69) is 25.7 Å². The number of aliphatic hydroxyl groups is 1. The smallest absolute Gasteiger partial charge is 0.0947 e. The zero-order chi connectivity index (χ0) is 14.5. The Bertz CT molecular complexity index is 384. The first kappa shape index (κ1) is 15.5. The summed E-state index contributed by atoms with van der Waals surface area (Å²) in [6.07, 6.45) is 4.87. The average Bonchev–Trinajstić information content (AvgIpc) is 2.98. The molecule has 2 atom stereocenters. The van der Waals surface area contributed by atoms with Crippen LogP contribution >= 0.6 is 0 Å². The molecule has 1 fully saturated rings. The summed E-state index contributed by atoms with van der Waals surface area (Å²) in [4.78, 5) is 2.55. The molecule has 0 spiro atoms. The Morgan fingerprint density at radius 2 is 1.75 bits per heavy atom. The van der Waals surface area contributed by atoms with Gasteiger partial charge in [0.2, 0.25) is 0 Å². The summed E-state index contributed by atoms with van der Waals surface area (Å²) in [5, 5.41) is 10.9. The van der Waals surface area contributed by atoms with Gasteiger partial charge in [-0.25, -0.2) is 0 Å². The number of likely N-dealkylation sites (N-methyl/N-ethyl adjacent to an activating group) is 1. The van der Waals surface area contributed by atoms with Crippen molar-refractivity contribution in [1.82, 2.24) is 4.90 Å². The SMILES string of the molecule is CCN(C1CCCC1)C(C(C)C)C(O)c1ccccc1. The maximum absolute atomic E-state index is 10.9. The van der Waals surface area contributed by atoms with E-state index in [9.17, 15) is 5.11 Å². The molecule has 1 aromatic rings. The molecule has 2 unspecified atom stereocenters. The fourth-order valence-electron chi connectivity index (χ4n) is 3.72. The van der Waals surface area contributed by atoms with Gasteiger partial charge in [-0.2, -0.15) is 0 Å². The largest absolute Gasteiger partial charge is 0.387 e. The van der Waals surface area contributed by atoms with Gasteiger partial charge < -0.3 is 5.11 Å². The highest BCUT2D eigenvalue weighted by atomic mass is 16.3. The highest BCUT2D eigenvalue weighted by Crippen LogP contribution is 2.32. The lowest BCUT2D eigenvalue weighted by Crippen LogP contribution is -2.48. The van der Waals surface area contributed by atoms with Gasteiger partial charge in [-0.3, -0.25) is 4.90 Å². The van der Waals surface area contributed by atoms with E-state index in [0.717, 1.165) is 12.1 Å². The summed E-state index contributed by atoms with van der Waals surface area (Å²) in [6, 6.07) is 11.0. The van der Waals surface area contributed by atoms with Crippen molar-refractivity contribution in [2.24, 2.45) is 5.92 Å². The molecule has 1 aliphatic rings. The van der Waals surface area contributed by atoms with Crippen LogP contribution in [-0.4, -0.2) is 28.6 Å². The number of hydrogen-bond donors (Lipinski definition) is 1. The van der Waals surface area contributed by atoms with Crippen molar-refractivity contribution in [1.29, 1.82) is 0 Å². The fraction of sp³-hybridized carbons (Fsp3) is 0.667. The maximum atomic E-state index is 10.9. The van der Waals surface area contributed by atoms with Crippen molar-refractivity contribution in [3.63, 3.8) is 0 Å². The fourth-order valence-corrected chi connectivity index (χ4v) is 3.72. The van der Waals surface area contributed by atoms with Crippen LogP contribution in [0.3, 0.4) is 0 Å². The predicted octanol–water partition coefficient (Wildman–Crippen LogP) is 4.01. The third-order valence-electron chi connectivity index (χ3n) is 4.69. The van der Waals surface area contributed by atoms with Crippen LogP contribution in [0.1, 0.15) is 58.1 Å². The van der Waals surface area contributed by atoms with Crippen LogP contribution < -0.4 is 0 Å². The molecule has 0 amide bonds. The monoisotopic (exact) mass is 275 g/mol. The van der Waals surface area contributed by atoms with Crippen molar-refractivity contribution < 1.29 is 5.11 Å². The van der Waals surface area contributed by atoms with Crippen molar-refractivity contribution in [3.8, 4) is 0 Å². The molecule has 0 saturated heterocycles. The van der Waals surface area contributed by atoms with Crippen LogP contribution in [0.5, 0.6) is 0 Å². The molecule has 2 nitrogen and oxygen atoms in total. The Balaban J connectivity index is 2.20. The van der Waals surface area contributed by atoms with Crippen LogP contribution in [0, 0.1) is 5.92 Å². The van der Waals surface area contributed by atoms with Crippen LogP contribution in [-0.2, 0) is 0 Å². The second-order valence-corrected chi connectivity index (χ2v) is 6.36. The van der Waals surface area contributed by atoms with E-state index in [1.165, 1.54) is 25.7 Å². The third-order valence-corrected chi connectivity index (χ3v) is 4.69. The van der Waals surface area contributed by atoms with E-state index in [1.54, 1.807) is 0 Å². The van der Waals surface area contributed by atoms with Crippen molar-refractivity contribution in [3.05, 3.63) is 35.9 Å². The molecule has 20 heavy (non-hydrogen) atoms. The van der Waals surface area contributed by atoms with E-state index >= 15 is 0 Å². The molecule has 1 aromatic carbocycles. The Morgan fingerprint density at radius 1 is 1.15 bits per heavy atom. The zero-order valence-electron chi connectivity index (χ0n) is 13.1. The summed E-state index contributed by atoms with van der Waals surface area (Å²) >= 11 is 0.